The second-order valence-corrected chi connectivity index (χ2v) is 7.04. The third-order valence-electron chi connectivity index (χ3n) is 5.20. The van der Waals surface area contributed by atoms with Gasteiger partial charge in [0.15, 0.2) is 11.6 Å². The van der Waals surface area contributed by atoms with Crippen LogP contribution in [0.3, 0.4) is 0 Å². The molecule has 0 saturated carbocycles. The maximum Gasteiger partial charge on any atom is 0.195 e. The molecule has 142 valence electrons. The number of hydrogen-bond acceptors (Lipinski definition) is 4. The maximum atomic E-state index is 13.9. The number of carbonyl (C=O) groups excluding carboxylic acids is 1. The van der Waals surface area contributed by atoms with E-state index in [1.54, 1.807) is 18.2 Å². The van der Waals surface area contributed by atoms with E-state index in [2.05, 4.69) is 4.90 Å². The van der Waals surface area contributed by atoms with Crippen LogP contribution in [0.15, 0.2) is 42.5 Å². The number of likely N-dealkylation sites (tertiary alicyclic amines) is 1. The van der Waals surface area contributed by atoms with E-state index >= 15 is 0 Å². The summed E-state index contributed by atoms with van der Waals surface area (Å²) in [5.41, 5.74) is 1.26. The highest BCUT2D eigenvalue weighted by Gasteiger charge is 2.39. The zero-order valence-corrected chi connectivity index (χ0v) is 14.9. The van der Waals surface area contributed by atoms with Crippen molar-refractivity contribution in [3.63, 3.8) is 0 Å². The molecular formula is C21H21F2NO3. The molecular weight excluding hydrogens is 352 g/mol. The van der Waals surface area contributed by atoms with Crippen LogP contribution in [0.25, 0.3) is 0 Å². The fourth-order valence-electron chi connectivity index (χ4n) is 3.74. The van der Waals surface area contributed by atoms with Gasteiger partial charge in [-0.1, -0.05) is 18.2 Å². The lowest BCUT2D eigenvalue weighted by Crippen LogP contribution is -2.44. The quantitative estimate of drug-likeness (QED) is 0.769. The topological polar surface area (TPSA) is 38.8 Å². The van der Waals surface area contributed by atoms with Crippen molar-refractivity contribution in [2.75, 3.05) is 26.3 Å². The van der Waals surface area contributed by atoms with E-state index in [-0.39, 0.29) is 5.56 Å². The van der Waals surface area contributed by atoms with Crippen LogP contribution in [0, 0.1) is 11.6 Å². The van der Waals surface area contributed by atoms with Gasteiger partial charge in [-0.05, 0) is 23.8 Å². The van der Waals surface area contributed by atoms with Crippen LogP contribution in [-0.2, 0) is 16.0 Å². The van der Waals surface area contributed by atoms with E-state index in [1.807, 2.05) is 6.07 Å². The predicted octanol–water partition coefficient (Wildman–Crippen LogP) is 3.53. The molecule has 2 fully saturated rings. The molecule has 0 radical (unpaired) electrons. The van der Waals surface area contributed by atoms with Crippen LogP contribution in [0.4, 0.5) is 8.78 Å². The smallest absolute Gasteiger partial charge is 0.195 e. The van der Waals surface area contributed by atoms with Gasteiger partial charge in [0, 0.05) is 44.1 Å². The number of carbonyl (C=O) groups is 1. The largest absolute Gasteiger partial charge is 0.347 e. The average molecular weight is 373 g/mol. The molecule has 2 aromatic rings. The van der Waals surface area contributed by atoms with E-state index in [1.165, 1.54) is 6.07 Å². The minimum Gasteiger partial charge on any atom is -0.347 e. The van der Waals surface area contributed by atoms with Crippen molar-refractivity contribution < 1.29 is 23.0 Å². The van der Waals surface area contributed by atoms with Gasteiger partial charge in [-0.25, -0.2) is 8.78 Å². The van der Waals surface area contributed by atoms with Crippen LogP contribution < -0.4 is 0 Å². The Balaban J connectivity index is 1.44. The van der Waals surface area contributed by atoms with Crippen LogP contribution in [0.5, 0.6) is 0 Å². The van der Waals surface area contributed by atoms with Gasteiger partial charge in [0.05, 0.1) is 18.8 Å². The highest BCUT2D eigenvalue weighted by Crippen LogP contribution is 2.31. The summed E-state index contributed by atoms with van der Waals surface area (Å²) < 4.78 is 38.5. The van der Waals surface area contributed by atoms with Crippen LogP contribution in [0.2, 0.25) is 0 Å². The summed E-state index contributed by atoms with van der Waals surface area (Å²) in [4.78, 5) is 14.9. The lowest BCUT2D eigenvalue weighted by atomic mass is 9.99. The summed E-state index contributed by atoms with van der Waals surface area (Å²) in [5, 5.41) is 0. The molecule has 0 aliphatic carbocycles. The molecule has 2 heterocycles. The van der Waals surface area contributed by atoms with E-state index in [9.17, 15) is 13.6 Å². The van der Waals surface area contributed by atoms with Gasteiger partial charge in [-0.15, -0.1) is 0 Å². The van der Waals surface area contributed by atoms with Crippen molar-refractivity contribution in [2.45, 2.75) is 25.2 Å². The fourth-order valence-corrected chi connectivity index (χ4v) is 3.74. The molecule has 0 unspecified atom stereocenters. The summed E-state index contributed by atoms with van der Waals surface area (Å²) in [6.45, 7) is 3.72. The van der Waals surface area contributed by atoms with Gasteiger partial charge in [0.25, 0.3) is 0 Å². The third kappa shape index (κ3) is 3.93. The van der Waals surface area contributed by atoms with Crippen LogP contribution in [0.1, 0.15) is 34.3 Å². The van der Waals surface area contributed by atoms with E-state index in [0.29, 0.717) is 25.3 Å². The summed E-state index contributed by atoms with van der Waals surface area (Å²) in [6.07, 6.45) is 1.65. The third-order valence-corrected chi connectivity index (χ3v) is 5.20. The molecule has 6 heteroatoms. The number of nitrogens with zero attached hydrogens (tertiary/aromatic N) is 1. The molecule has 1 spiro atoms. The second-order valence-electron chi connectivity index (χ2n) is 7.04. The van der Waals surface area contributed by atoms with Gasteiger partial charge in [0.1, 0.15) is 11.6 Å². The molecule has 2 aliphatic rings. The SMILES string of the molecule is O=C(c1cccc(CN2CCC3(CC2)OCCO3)c1)c1ccc(F)cc1F. The lowest BCUT2D eigenvalue weighted by molar-refractivity contribution is -0.185. The van der Waals surface area contributed by atoms with Gasteiger partial charge in [-0.2, -0.15) is 0 Å². The molecule has 0 aromatic heterocycles. The number of ether oxygens (including phenoxy) is 2. The molecule has 0 bridgehead atoms. The summed E-state index contributed by atoms with van der Waals surface area (Å²) in [7, 11) is 0. The minimum absolute atomic E-state index is 0.121. The molecule has 0 N–H and O–H groups in total. The number of piperidine rings is 1. The summed E-state index contributed by atoms with van der Waals surface area (Å²) in [6, 6.07) is 10.2. The van der Waals surface area contributed by atoms with Crippen molar-refractivity contribution in [3.05, 3.63) is 70.8 Å². The van der Waals surface area contributed by atoms with E-state index < -0.39 is 23.2 Å². The molecule has 4 nitrogen and oxygen atoms in total. The summed E-state index contributed by atoms with van der Waals surface area (Å²) in [5.74, 6) is -2.40. The highest BCUT2D eigenvalue weighted by molar-refractivity contribution is 6.09. The first-order valence-corrected chi connectivity index (χ1v) is 9.14. The number of hydrogen-bond donors (Lipinski definition) is 0. The normalized spacial score (nSPS) is 19.5. The Hall–Kier alpha value is -2.15. The van der Waals surface area contributed by atoms with Crippen LogP contribution in [-0.4, -0.2) is 42.8 Å². The molecule has 2 saturated heterocycles. The highest BCUT2D eigenvalue weighted by atomic mass is 19.1. The Morgan fingerprint density at radius 3 is 2.48 bits per heavy atom. The Morgan fingerprint density at radius 1 is 1.04 bits per heavy atom. The Kier molecular flexibility index (Phi) is 5.04. The summed E-state index contributed by atoms with van der Waals surface area (Å²) >= 11 is 0. The first-order chi connectivity index (χ1) is 13.0. The second kappa shape index (κ2) is 7.46. The van der Waals surface area contributed by atoms with Gasteiger partial charge >= 0.3 is 0 Å². The van der Waals surface area contributed by atoms with Crippen LogP contribution >= 0.6 is 0 Å². The molecule has 0 atom stereocenters. The number of benzene rings is 2. The fraction of sp³-hybridized carbons (Fsp3) is 0.381. The number of ketones is 1. The molecule has 4 rings (SSSR count). The van der Waals surface area contributed by atoms with Crippen molar-refractivity contribution in [1.29, 1.82) is 0 Å². The molecule has 0 amide bonds. The lowest BCUT2D eigenvalue weighted by Gasteiger charge is -2.37. The van der Waals surface area contributed by atoms with Gasteiger partial charge in [-0.3, -0.25) is 9.69 Å². The zero-order chi connectivity index (χ0) is 18.9. The molecule has 2 aromatic carbocycles. The van der Waals surface area contributed by atoms with Crippen molar-refractivity contribution in [1.82, 2.24) is 4.90 Å². The van der Waals surface area contributed by atoms with Gasteiger partial charge in [0.2, 0.25) is 0 Å². The minimum atomic E-state index is -0.844. The standard InChI is InChI=1S/C21H21F2NO3/c22-17-4-5-18(19(23)13-17)20(25)16-3-1-2-15(12-16)14-24-8-6-21(7-9-24)26-10-11-27-21/h1-5,12-13H,6-11,14H2. The van der Waals surface area contributed by atoms with E-state index in [0.717, 1.165) is 43.6 Å². The maximum absolute atomic E-state index is 13.9. The van der Waals surface area contributed by atoms with Gasteiger partial charge < -0.3 is 9.47 Å². The Bertz CT molecular complexity index is 839. The van der Waals surface area contributed by atoms with Crippen molar-refractivity contribution >= 4 is 5.78 Å². The Labute approximate surface area is 156 Å². The van der Waals surface area contributed by atoms with Crippen molar-refractivity contribution in [3.8, 4) is 0 Å². The number of halogens is 2. The number of rotatable bonds is 4. The first kappa shape index (κ1) is 18.2. The monoisotopic (exact) mass is 373 g/mol. The van der Waals surface area contributed by atoms with Crippen molar-refractivity contribution in [2.24, 2.45) is 0 Å². The zero-order valence-electron chi connectivity index (χ0n) is 14.9. The molecule has 2 aliphatic heterocycles. The predicted molar refractivity (Wildman–Crippen MR) is 95.4 cm³/mol. The average Bonchev–Trinajstić information content (AvgIpc) is 3.12. The molecule has 27 heavy (non-hydrogen) atoms. The first-order valence-electron chi connectivity index (χ1n) is 9.14. The van der Waals surface area contributed by atoms with E-state index in [4.69, 9.17) is 9.47 Å². The Morgan fingerprint density at radius 2 is 1.78 bits per heavy atom.